The van der Waals surface area contributed by atoms with E-state index in [0.29, 0.717) is 5.69 Å². The molecule has 0 radical (unpaired) electrons. The lowest BCUT2D eigenvalue weighted by molar-refractivity contribution is 0.102. The summed E-state index contributed by atoms with van der Waals surface area (Å²) in [4.78, 5) is 25.6. The van der Waals surface area contributed by atoms with E-state index in [0.717, 1.165) is 4.47 Å². The van der Waals surface area contributed by atoms with Gasteiger partial charge in [-0.2, -0.15) is 0 Å². The Bertz CT molecular complexity index is 607. The lowest BCUT2D eigenvalue weighted by atomic mass is 10.3. The summed E-state index contributed by atoms with van der Waals surface area (Å²) in [5, 5.41) is 2.69. The van der Waals surface area contributed by atoms with Gasteiger partial charge in [-0.3, -0.25) is 9.59 Å². The fourth-order valence-corrected chi connectivity index (χ4v) is 1.74. The number of amides is 1. The molecule has 2 N–H and O–H groups in total. The third-order valence-corrected chi connectivity index (χ3v) is 2.59. The molecule has 0 aliphatic rings. The van der Waals surface area contributed by atoms with E-state index in [1.807, 2.05) is 12.1 Å². The number of aromatic amines is 1. The van der Waals surface area contributed by atoms with Crippen LogP contribution < -0.4 is 10.7 Å². The average Bonchev–Trinajstić information content (AvgIpc) is 2.29. The number of anilines is 1. The fraction of sp³-hybridized carbons (Fsp3) is 0. The van der Waals surface area contributed by atoms with Crippen molar-refractivity contribution in [1.82, 2.24) is 4.98 Å². The first kappa shape index (κ1) is 11.6. The minimum Gasteiger partial charge on any atom is -0.357 e. The summed E-state index contributed by atoms with van der Waals surface area (Å²) >= 11 is 3.31. The maximum Gasteiger partial charge on any atom is 0.272 e. The molecule has 1 aromatic heterocycles. The molecular weight excluding hydrogens is 284 g/mol. The summed E-state index contributed by atoms with van der Waals surface area (Å²) in [5.74, 6) is -0.346. The van der Waals surface area contributed by atoms with Crippen molar-refractivity contribution in [3.05, 3.63) is 63.0 Å². The first-order chi connectivity index (χ1) is 8.15. The number of nitrogens with one attached hydrogen (secondary N) is 2. The highest BCUT2D eigenvalue weighted by Gasteiger charge is 2.06. The van der Waals surface area contributed by atoms with Crippen LogP contribution in [0.15, 0.2) is 51.9 Å². The zero-order valence-electron chi connectivity index (χ0n) is 8.74. The third-order valence-electron chi connectivity index (χ3n) is 2.10. The van der Waals surface area contributed by atoms with Crippen molar-refractivity contribution in [1.29, 1.82) is 0 Å². The van der Waals surface area contributed by atoms with Gasteiger partial charge in [-0.05, 0) is 18.2 Å². The molecule has 5 heteroatoms. The molecule has 1 amide bonds. The van der Waals surface area contributed by atoms with Gasteiger partial charge < -0.3 is 10.3 Å². The number of rotatable bonds is 2. The van der Waals surface area contributed by atoms with Crippen molar-refractivity contribution < 1.29 is 4.79 Å². The molecule has 0 bridgehead atoms. The van der Waals surface area contributed by atoms with Crippen LogP contribution in [0.25, 0.3) is 0 Å². The Morgan fingerprint density at radius 1 is 1.24 bits per heavy atom. The highest BCUT2D eigenvalue weighted by Crippen LogP contribution is 2.15. The van der Waals surface area contributed by atoms with Crippen molar-refractivity contribution in [2.75, 3.05) is 5.32 Å². The summed E-state index contributed by atoms with van der Waals surface area (Å²) in [6.45, 7) is 0. The van der Waals surface area contributed by atoms with Gasteiger partial charge in [0.25, 0.3) is 5.91 Å². The van der Waals surface area contributed by atoms with Gasteiger partial charge >= 0.3 is 0 Å². The molecule has 17 heavy (non-hydrogen) atoms. The number of hydrogen-bond acceptors (Lipinski definition) is 2. The Morgan fingerprint density at radius 3 is 2.76 bits per heavy atom. The summed E-state index contributed by atoms with van der Waals surface area (Å²) in [7, 11) is 0. The lowest BCUT2D eigenvalue weighted by Gasteiger charge is -2.04. The van der Waals surface area contributed by atoms with E-state index >= 15 is 0 Å². The Labute approximate surface area is 106 Å². The highest BCUT2D eigenvalue weighted by atomic mass is 79.9. The second-order valence-electron chi connectivity index (χ2n) is 3.40. The van der Waals surface area contributed by atoms with E-state index < -0.39 is 0 Å². The minimum atomic E-state index is -0.346. The van der Waals surface area contributed by atoms with Gasteiger partial charge in [-0.15, -0.1) is 0 Å². The SMILES string of the molecule is O=C(Nc1cccc(Br)c1)c1cc(=O)cc[nH]1. The van der Waals surface area contributed by atoms with E-state index in [2.05, 4.69) is 26.2 Å². The normalized spacial score (nSPS) is 9.94. The molecule has 0 aliphatic heterocycles. The molecule has 0 saturated heterocycles. The Balaban J connectivity index is 2.20. The Hall–Kier alpha value is -1.88. The van der Waals surface area contributed by atoms with Gasteiger partial charge in [0.15, 0.2) is 5.43 Å². The molecule has 0 saturated carbocycles. The summed E-state index contributed by atoms with van der Waals surface area (Å²) in [6.07, 6.45) is 1.44. The molecule has 1 heterocycles. The van der Waals surface area contributed by atoms with E-state index in [1.54, 1.807) is 12.1 Å². The third kappa shape index (κ3) is 3.04. The van der Waals surface area contributed by atoms with Crippen LogP contribution in [0.1, 0.15) is 10.5 Å². The van der Waals surface area contributed by atoms with Crippen molar-refractivity contribution in [2.24, 2.45) is 0 Å². The molecule has 0 fully saturated rings. The number of benzene rings is 1. The predicted molar refractivity (Wildman–Crippen MR) is 69.2 cm³/mol. The van der Waals surface area contributed by atoms with Crippen molar-refractivity contribution in [3.63, 3.8) is 0 Å². The van der Waals surface area contributed by atoms with Crippen LogP contribution in [0.3, 0.4) is 0 Å². The second kappa shape index (κ2) is 4.97. The number of aromatic nitrogens is 1. The number of pyridine rings is 1. The number of hydrogen-bond donors (Lipinski definition) is 2. The van der Waals surface area contributed by atoms with E-state index in [4.69, 9.17) is 0 Å². The molecular formula is C12H9BrN2O2. The Kier molecular flexibility index (Phi) is 3.39. The van der Waals surface area contributed by atoms with Gasteiger partial charge in [-0.1, -0.05) is 22.0 Å². The molecule has 4 nitrogen and oxygen atoms in total. The maximum atomic E-state index is 11.8. The number of carbonyl (C=O) groups is 1. The molecule has 0 unspecified atom stereocenters. The topological polar surface area (TPSA) is 62.0 Å². The van der Waals surface area contributed by atoms with E-state index in [-0.39, 0.29) is 17.0 Å². The quantitative estimate of drug-likeness (QED) is 0.893. The summed E-state index contributed by atoms with van der Waals surface area (Å²) in [5.41, 5.74) is 0.690. The second-order valence-corrected chi connectivity index (χ2v) is 4.32. The highest BCUT2D eigenvalue weighted by molar-refractivity contribution is 9.10. The molecule has 2 rings (SSSR count). The first-order valence-corrected chi connectivity index (χ1v) is 5.70. The smallest absolute Gasteiger partial charge is 0.272 e. The molecule has 86 valence electrons. The van der Waals surface area contributed by atoms with Crippen LogP contribution >= 0.6 is 15.9 Å². The minimum absolute atomic E-state index is 0.205. The van der Waals surface area contributed by atoms with Crippen molar-refractivity contribution >= 4 is 27.5 Å². The van der Waals surface area contributed by atoms with Gasteiger partial charge in [0, 0.05) is 28.5 Å². The molecule has 0 aliphatic carbocycles. The standard InChI is InChI=1S/C12H9BrN2O2/c13-8-2-1-3-9(6-8)15-12(17)11-7-10(16)4-5-14-11/h1-7H,(H,14,16)(H,15,17). The van der Waals surface area contributed by atoms with Crippen molar-refractivity contribution in [2.45, 2.75) is 0 Å². The van der Waals surface area contributed by atoms with Crippen LogP contribution in [0.4, 0.5) is 5.69 Å². The van der Waals surface area contributed by atoms with Gasteiger partial charge in [0.1, 0.15) is 5.69 Å². The van der Waals surface area contributed by atoms with Crippen LogP contribution in [-0.4, -0.2) is 10.9 Å². The number of carbonyl (C=O) groups excluding carboxylic acids is 1. The maximum absolute atomic E-state index is 11.8. The lowest BCUT2D eigenvalue weighted by Crippen LogP contribution is -2.16. The van der Waals surface area contributed by atoms with Crippen LogP contribution in [0.5, 0.6) is 0 Å². The largest absolute Gasteiger partial charge is 0.357 e. The zero-order valence-corrected chi connectivity index (χ0v) is 10.3. The van der Waals surface area contributed by atoms with E-state index in [9.17, 15) is 9.59 Å². The van der Waals surface area contributed by atoms with Crippen molar-refractivity contribution in [3.8, 4) is 0 Å². The van der Waals surface area contributed by atoms with Gasteiger partial charge in [-0.25, -0.2) is 0 Å². The number of halogens is 1. The first-order valence-electron chi connectivity index (χ1n) is 4.91. The summed E-state index contributed by atoms with van der Waals surface area (Å²) < 4.78 is 0.872. The molecule has 0 spiro atoms. The van der Waals surface area contributed by atoms with Gasteiger partial charge in [0.05, 0.1) is 0 Å². The summed E-state index contributed by atoms with van der Waals surface area (Å²) in [6, 6.07) is 9.83. The monoisotopic (exact) mass is 292 g/mol. The average molecular weight is 293 g/mol. The van der Waals surface area contributed by atoms with Gasteiger partial charge in [0.2, 0.25) is 0 Å². The van der Waals surface area contributed by atoms with Crippen LogP contribution in [-0.2, 0) is 0 Å². The fourth-order valence-electron chi connectivity index (χ4n) is 1.34. The zero-order chi connectivity index (χ0) is 12.3. The molecule has 1 aromatic carbocycles. The predicted octanol–water partition coefficient (Wildman–Crippen LogP) is 2.39. The Morgan fingerprint density at radius 2 is 2.06 bits per heavy atom. The molecule has 0 atom stereocenters. The molecule has 2 aromatic rings. The van der Waals surface area contributed by atoms with E-state index in [1.165, 1.54) is 18.3 Å². The van der Waals surface area contributed by atoms with Crippen LogP contribution in [0, 0.1) is 0 Å². The number of H-pyrrole nitrogens is 1. The van der Waals surface area contributed by atoms with Crippen LogP contribution in [0.2, 0.25) is 0 Å².